The molecule has 7 nitrogen and oxygen atoms in total. The lowest BCUT2D eigenvalue weighted by atomic mass is 9.95. The van der Waals surface area contributed by atoms with E-state index in [2.05, 4.69) is 20.7 Å². The fourth-order valence-electron chi connectivity index (χ4n) is 3.67. The van der Waals surface area contributed by atoms with Gasteiger partial charge in [0.15, 0.2) is 6.04 Å². The zero-order chi connectivity index (χ0) is 22.0. The summed E-state index contributed by atoms with van der Waals surface area (Å²) >= 11 is 0. The molecule has 3 aromatic rings. The topological polar surface area (TPSA) is 81.1 Å². The molecule has 4 rings (SSSR count). The Labute approximate surface area is 176 Å². The molecule has 0 bridgehead atoms. The number of halogens is 3. The van der Waals surface area contributed by atoms with Crippen molar-refractivity contribution in [3.8, 4) is 5.75 Å². The number of rotatable bonds is 5. The third-order valence-corrected chi connectivity index (χ3v) is 5.17. The Bertz CT molecular complexity index is 1070. The Morgan fingerprint density at radius 3 is 2.77 bits per heavy atom. The van der Waals surface area contributed by atoms with Gasteiger partial charge in [-0.25, -0.2) is 4.68 Å². The summed E-state index contributed by atoms with van der Waals surface area (Å²) in [4.78, 5) is 16.7. The van der Waals surface area contributed by atoms with Crippen molar-refractivity contribution in [3.63, 3.8) is 0 Å². The van der Waals surface area contributed by atoms with Crippen LogP contribution in [0.4, 0.5) is 19.0 Å². The van der Waals surface area contributed by atoms with Crippen LogP contribution < -0.4 is 15.4 Å². The number of anilines is 1. The van der Waals surface area contributed by atoms with Gasteiger partial charge in [0.25, 0.3) is 5.91 Å². The minimum absolute atomic E-state index is 0.0215. The minimum atomic E-state index is -4.54. The van der Waals surface area contributed by atoms with Gasteiger partial charge in [-0.1, -0.05) is 24.3 Å². The third kappa shape index (κ3) is 4.18. The number of aromatic nitrogens is 3. The Balaban J connectivity index is 1.65. The highest BCUT2D eigenvalue weighted by Gasteiger charge is 2.47. The van der Waals surface area contributed by atoms with E-state index in [4.69, 9.17) is 4.74 Å². The van der Waals surface area contributed by atoms with Gasteiger partial charge in [-0.2, -0.15) is 18.3 Å². The Morgan fingerprint density at radius 1 is 1.26 bits per heavy atom. The summed E-state index contributed by atoms with van der Waals surface area (Å²) in [6.07, 6.45) is -0.450. The molecule has 1 aliphatic heterocycles. The molecule has 2 N–H and O–H groups in total. The summed E-state index contributed by atoms with van der Waals surface area (Å²) in [5, 5.41) is 9.65. The summed E-state index contributed by atoms with van der Waals surface area (Å²) in [6.45, 7) is 0.190. The van der Waals surface area contributed by atoms with Gasteiger partial charge in [0, 0.05) is 30.9 Å². The van der Waals surface area contributed by atoms with E-state index in [1.54, 1.807) is 48.8 Å². The first kappa shape index (κ1) is 20.7. The first-order valence-corrected chi connectivity index (χ1v) is 9.59. The first-order chi connectivity index (χ1) is 14.9. The van der Waals surface area contributed by atoms with E-state index in [-0.39, 0.29) is 24.3 Å². The van der Waals surface area contributed by atoms with E-state index in [9.17, 15) is 18.0 Å². The molecule has 0 fully saturated rings. The number of hydrogen-bond acceptors (Lipinski definition) is 5. The summed E-state index contributed by atoms with van der Waals surface area (Å²) < 4.78 is 47.7. The fourth-order valence-corrected chi connectivity index (χ4v) is 3.67. The van der Waals surface area contributed by atoms with Crippen LogP contribution in [0.5, 0.6) is 5.75 Å². The highest BCUT2D eigenvalue weighted by atomic mass is 19.4. The Morgan fingerprint density at radius 2 is 2.06 bits per heavy atom. The van der Waals surface area contributed by atoms with Gasteiger partial charge in [0.1, 0.15) is 17.1 Å². The molecule has 0 aliphatic carbocycles. The van der Waals surface area contributed by atoms with Crippen LogP contribution in [0.3, 0.4) is 0 Å². The average molecular weight is 431 g/mol. The molecule has 0 saturated heterocycles. The number of methoxy groups -OCH3 is 1. The van der Waals surface area contributed by atoms with Gasteiger partial charge < -0.3 is 15.4 Å². The molecular formula is C21H20F3N5O2. The fraction of sp³-hybridized carbons (Fsp3) is 0.286. The lowest BCUT2D eigenvalue weighted by molar-refractivity contribution is -0.173. The van der Waals surface area contributed by atoms with Crippen molar-refractivity contribution in [2.45, 2.75) is 31.2 Å². The number of fused-ring (bicyclic) bond motifs is 1. The molecule has 1 amide bonds. The number of hydrogen-bond donors (Lipinski definition) is 2. The Kier molecular flexibility index (Phi) is 5.53. The van der Waals surface area contributed by atoms with Gasteiger partial charge in [-0.3, -0.25) is 9.78 Å². The van der Waals surface area contributed by atoms with Crippen LogP contribution in [0.15, 0.2) is 55.0 Å². The van der Waals surface area contributed by atoms with Crippen molar-refractivity contribution in [1.82, 2.24) is 20.1 Å². The molecular weight excluding hydrogens is 411 g/mol. The summed E-state index contributed by atoms with van der Waals surface area (Å²) in [6, 6.07) is 7.80. The lowest BCUT2D eigenvalue weighted by Crippen LogP contribution is -2.36. The minimum Gasteiger partial charge on any atom is -0.496 e. The number of ether oxygens (including phenoxy) is 1. The number of alkyl halides is 3. The highest BCUT2D eigenvalue weighted by Crippen LogP contribution is 2.45. The van der Waals surface area contributed by atoms with Crippen molar-refractivity contribution in [2.75, 3.05) is 12.4 Å². The second-order valence-corrected chi connectivity index (χ2v) is 7.13. The molecule has 0 saturated carbocycles. The van der Waals surface area contributed by atoms with E-state index < -0.39 is 24.2 Å². The molecule has 10 heteroatoms. The molecule has 31 heavy (non-hydrogen) atoms. The summed E-state index contributed by atoms with van der Waals surface area (Å²) in [5.74, 6) is -0.0381. The molecule has 0 radical (unpaired) electrons. The van der Waals surface area contributed by atoms with Gasteiger partial charge in [-0.15, -0.1) is 0 Å². The molecule has 2 aromatic heterocycles. The van der Waals surface area contributed by atoms with Gasteiger partial charge in [-0.05, 0) is 17.7 Å². The zero-order valence-electron chi connectivity index (χ0n) is 16.6. The van der Waals surface area contributed by atoms with Crippen molar-refractivity contribution >= 4 is 11.7 Å². The molecule has 1 aliphatic rings. The van der Waals surface area contributed by atoms with Crippen molar-refractivity contribution in [3.05, 3.63) is 71.7 Å². The smallest absolute Gasteiger partial charge is 0.410 e. The van der Waals surface area contributed by atoms with Gasteiger partial charge >= 0.3 is 6.18 Å². The third-order valence-electron chi connectivity index (χ3n) is 5.17. The number of para-hydroxylation sites is 1. The second-order valence-electron chi connectivity index (χ2n) is 7.13. The van der Waals surface area contributed by atoms with E-state index in [1.807, 2.05) is 0 Å². The summed E-state index contributed by atoms with van der Waals surface area (Å²) in [5.41, 5.74) is 1.39. The number of carbonyl (C=O) groups is 1. The second kappa shape index (κ2) is 8.29. The van der Waals surface area contributed by atoms with Crippen molar-refractivity contribution in [1.29, 1.82) is 0 Å². The predicted molar refractivity (Wildman–Crippen MR) is 107 cm³/mol. The normalized spacial score (nSPS) is 18.1. The van der Waals surface area contributed by atoms with Crippen LogP contribution in [-0.4, -0.2) is 34.0 Å². The van der Waals surface area contributed by atoms with Crippen LogP contribution >= 0.6 is 0 Å². The lowest BCUT2D eigenvalue weighted by Gasteiger charge is -2.34. The maximum atomic E-state index is 13.8. The highest BCUT2D eigenvalue weighted by molar-refractivity contribution is 5.98. The zero-order valence-corrected chi connectivity index (χ0v) is 16.6. The number of amides is 1. The first-order valence-electron chi connectivity index (χ1n) is 9.59. The number of nitrogens with zero attached hydrogens (tertiary/aromatic N) is 3. The van der Waals surface area contributed by atoms with Crippen LogP contribution in [0.1, 0.15) is 40.0 Å². The predicted octanol–water partition coefficient (Wildman–Crippen LogP) is 3.88. The van der Waals surface area contributed by atoms with Crippen LogP contribution in [-0.2, 0) is 6.54 Å². The molecule has 2 atom stereocenters. The van der Waals surface area contributed by atoms with E-state index in [0.29, 0.717) is 11.3 Å². The molecule has 1 aromatic carbocycles. The number of nitrogens with one attached hydrogen (secondary N) is 2. The molecule has 3 heterocycles. The maximum Gasteiger partial charge on any atom is 0.410 e. The molecule has 0 unspecified atom stereocenters. The van der Waals surface area contributed by atoms with Crippen molar-refractivity contribution < 1.29 is 22.7 Å². The Hall–Kier alpha value is -3.56. The molecule has 162 valence electrons. The van der Waals surface area contributed by atoms with Crippen LogP contribution in [0, 0.1) is 0 Å². The van der Waals surface area contributed by atoms with E-state index >= 15 is 0 Å². The maximum absolute atomic E-state index is 13.8. The van der Waals surface area contributed by atoms with Crippen LogP contribution in [0.2, 0.25) is 0 Å². The van der Waals surface area contributed by atoms with E-state index in [0.717, 1.165) is 16.4 Å². The van der Waals surface area contributed by atoms with Crippen LogP contribution in [0.25, 0.3) is 0 Å². The summed E-state index contributed by atoms with van der Waals surface area (Å²) in [7, 11) is 1.46. The number of carbonyl (C=O) groups excluding carboxylic acids is 1. The van der Waals surface area contributed by atoms with Crippen molar-refractivity contribution in [2.24, 2.45) is 0 Å². The number of benzene rings is 1. The van der Waals surface area contributed by atoms with Gasteiger partial charge in [0.2, 0.25) is 0 Å². The average Bonchev–Trinajstić information content (AvgIpc) is 3.20. The number of pyridine rings is 1. The van der Waals surface area contributed by atoms with E-state index in [1.165, 1.54) is 7.11 Å². The SMILES string of the molecule is COc1ccccc1[C@H]1C[C@@H](C(F)(F)F)n2ncc(C(=O)NCc3cccnc3)c2N1. The monoisotopic (exact) mass is 431 g/mol. The van der Waals surface area contributed by atoms with Gasteiger partial charge in [0.05, 0.1) is 19.3 Å². The standard InChI is InChI=1S/C21H20F3N5O2/c1-31-17-7-3-2-6-14(17)16-9-18(21(22,23)24)29-19(28-16)15(12-27-29)20(30)26-11-13-5-4-8-25-10-13/h2-8,10,12,16,18,28H,9,11H2,1H3,(H,26,30)/t16-,18+/m1/s1. The molecule has 0 spiro atoms. The quantitative estimate of drug-likeness (QED) is 0.641. The largest absolute Gasteiger partial charge is 0.496 e.